The van der Waals surface area contributed by atoms with Crippen LogP contribution < -0.4 is 5.32 Å². The topological polar surface area (TPSA) is 32.3 Å². The standard InChI is InChI=1S/C16H15ClN2O/c17-13-6-8-14(9-7-13)18-16(20)19-11-10-15(19)12-4-2-1-3-5-12/h1-9,15H,10-11H2,(H,18,20)/t15-/m0/s1. The van der Waals surface area contributed by atoms with Gasteiger partial charge in [-0.2, -0.15) is 0 Å². The second-order valence-corrected chi connectivity index (χ2v) is 5.28. The number of carbonyl (C=O) groups is 1. The Kier molecular flexibility index (Phi) is 3.61. The third kappa shape index (κ3) is 2.63. The van der Waals surface area contributed by atoms with Crippen LogP contribution in [0.2, 0.25) is 5.02 Å². The summed E-state index contributed by atoms with van der Waals surface area (Å²) in [5.41, 5.74) is 1.95. The summed E-state index contributed by atoms with van der Waals surface area (Å²) in [6.07, 6.45) is 1.01. The van der Waals surface area contributed by atoms with Crippen molar-refractivity contribution in [2.45, 2.75) is 12.5 Å². The molecule has 3 rings (SSSR count). The number of halogens is 1. The summed E-state index contributed by atoms with van der Waals surface area (Å²) in [5.74, 6) is 0. The molecule has 3 nitrogen and oxygen atoms in total. The molecule has 0 radical (unpaired) electrons. The zero-order valence-corrected chi connectivity index (χ0v) is 11.7. The fourth-order valence-corrected chi connectivity index (χ4v) is 2.51. The van der Waals surface area contributed by atoms with Gasteiger partial charge in [-0.25, -0.2) is 4.79 Å². The molecule has 0 saturated carbocycles. The van der Waals surface area contributed by atoms with Crippen molar-refractivity contribution in [3.8, 4) is 0 Å². The van der Waals surface area contributed by atoms with Crippen LogP contribution in [-0.4, -0.2) is 17.5 Å². The largest absolute Gasteiger partial charge is 0.322 e. The third-order valence-corrected chi connectivity index (χ3v) is 3.81. The van der Waals surface area contributed by atoms with Crippen LogP contribution in [0.15, 0.2) is 54.6 Å². The SMILES string of the molecule is O=C(Nc1ccc(Cl)cc1)N1CC[C@H]1c1ccccc1. The molecule has 2 aromatic carbocycles. The fraction of sp³-hybridized carbons (Fsp3) is 0.188. The number of urea groups is 1. The van der Waals surface area contributed by atoms with Gasteiger partial charge in [0.1, 0.15) is 0 Å². The molecule has 0 aromatic heterocycles. The Bertz CT molecular complexity index is 598. The van der Waals surface area contributed by atoms with Gasteiger partial charge in [0.2, 0.25) is 0 Å². The Balaban J connectivity index is 1.67. The number of likely N-dealkylation sites (tertiary alicyclic amines) is 1. The molecule has 1 heterocycles. The highest BCUT2D eigenvalue weighted by atomic mass is 35.5. The molecule has 1 saturated heterocycles. The van der Waals surface area contributed by atoms with Crippen LogP contribution >= 0.6 is 11.6 Å². The predicted molar refractivity (Wildman–Crippen MR) is 81.0 cm³/mol. The molecule has 1 aliphatic heterocycles. The highest BCUT2D eigenvalue weighted by Gasteiger charge is 2.33. The molecule has 1 aliphatic rings. The Labute approximate surface area is 123 Å². The van der Waals surface area contributed by atoms with Crippen LogP contribution in [0.5, 0.6) is 0 Å². The Morgan fingerprint density at radius 2 is 1.80 bits per heavy atom. The number of nitrogens with one attached hydrogen (secondary N) is 1. The van der Waals surface area contributed by atoms with Crippen LogP contribution in [0, 0.1) is 0 Å². The maximum Gasteiger partial charge on any atom is 0.322 e. The van der Waals surface area contributed by atoms with E-state index in [-0.39, 0.29) is 12.1 Å². The lowest BCUT2D eigenvalue weighted by Gasteiger charge is -2.41. The number of carbonyl (C=O) groups excluding carboxylic acids is 1. The quantitative estimate of drug-likeness (QED) is 0.876. The molecule has 1 fully saturated rings. The molecule has 0 aliphatic carbocycles. The van der Waals surface area contributed by atoms with Crippen molar-refractivity contribution in [3.63, 3.8) is 0 Å². The molecule has 0 bridgehead atoms. The van der Waals surface area contributed by atoms with Crippen molar-refractivity contribution >= 4 is 23.3 Å². The molecule has 0 unspecified atom stereocenters. The fourth-order valence-electron chi connectivity index (χ4n) is 2.38. The van der Waals surface area contributed by atoms with E-state index in [4.69, 9.17) is 11.6 Å². The van der Waals surface area contributed by atoms with Crippen LogP contribution in [0.3, 0.4) is 0 Å². The first-order valence-electron chi connectivity index (χ1n) is 6.62. The Hall–Kier alpha value is -2.00. The van der Waals surface area contributed by atoms with E-state index in [1.807, 2.05) is 23.1 Å². The summed E-state index contributed by atoms with van der Waals surface area (Å²) in [7, 11) is 0. The van der Waals surface area contributed by atoms with E-state index < -0.39 is 0 Å². The van der Waals surface area contributed by atoms with E-state index in [0.717, 1.165) is 18.7 Å². The maximum absolute atomic E-state index is 12.2. The molecular formula is C16H15ClN2O. The zero-order chi connectivity index (χ0) is 13.9. The number of hydrogen-bond acceptors (Lipinski definition) is 1. The lowest BCUT2D eigenvalue weighted by Crippen LogP contribution is -2.47. The summed E-state index contributed by atoms with van der Waals surface area (Å²) in [5, 5.41) is 3.56. The summed E-state index contributed by atoms with van der Waals surface area (Å²) in [4.78, 5) is 14.1. The highest BCUT2D eigenvalue weighted by molar-refractivity contribution is 6.30. The van der Waals surface area contributed by atoms with Crippen molar-refractivity contribution in [1.29, 1.82) is 0 Å². The van der Waals surface area contributed by atoms with Gasteiger partial charge in [-0.1, -0.05) is 41.9 Å². The van der Waals surface area contributed by atoms with Gasteiger partial charge < -0.3 is 10.2 Å². The van der Waals surface area contributed by atoms with Crippen LogP contribution in [0.1, 0.15) is 18.0 Å². The van der Waals surface area contributed by atoms with Crippen molar-refractivity contribution in [2.75, 3.05) is 11.9 Å². The number of anilines is 1. The third-order valence-electron chi connectivity index (χ3n) is 3.56. The first-order chi connectivity index (χ1) is 9.74. The molecule has 20 heavy (non-hydrogen) atoms. The minimum Gasteiger partial charge on any atom is -0.317 e. The number of hydrogen-bond donors (Lipinski definition) is 1. The van der Waals surface area contributed by atoms with E-state index in [1.54, 1.807) is 24.3 Å². The summed E-state index contributed by atoms with van der Waals surface area (Å²) in [6.45, 7) is 0.791. The normalized spacial score (nSPS) is 17.4. The lowest BCUT2D eigenvalue weighted by atomic mass is 9.95. The van der Waals surface area contributed by atoms with Crippen LogP contribution in [-0.2, 0) is 0 Å². The van der Waals surface area contributed by atoms with E-state index in [0.29, 0.717) is 5.02 Å². The summed E-state index contributed by atoms with van der Waals surface area (Å²) < 4.78 is 0. The molecule has 2 amide bonds. The van der Waals surface area contributed by atoms with Crippen LogP contribution in [0.4, 0.5) is 10.5 Å². The first-order valence-corrected chi connectivity index (χ1v) is 7.00. The van der Waals surface area contributed by atoms with Gasteiger partial charge in [0.25, 0.3) is 0 Å². The van der Waals surface area contributed by atoms with Gasteiger partial charge in [-0.05, 0) is 36.2 Å². The first kappa shape index (κ1) is 13.0. The molecule has 1 atom stereocenters. The van der Waals surface area contributed by atoms with E-state index in [1.165, 1.54) is 5.56 Å². The number of rotatable bonds is 2. The minimum absolute atomic E-state index is 0.0626. The van der Waals surface area contributed by atoms with Gasteiger partial charge in [0.05, 0.1) is 6.04 Å². The van der Waals surface area contributed by atoms with Crippen LogP contribution in [0.25, 0.3) is 0 Å². The molecule has 4 heteroatoms. The predicted octanol–water partition coefficient (Wildman–Crippen LogP) is 4.32. The summed E-state index contributed by atoms with van der Waals surface area (Å²) >= 11 is 5.83. The molecular weight excluding hydrogens is 272 g/mol. The second kappa shape index (κ2) is 5.55. The van der Waals surface area contributed by atoms with E-state index in [2.05, 4.69) is 17.4 Å². The molecule has 2 aromatic rings. The average molecular weight is 287 g/mol. The molecule has 0 spiro atoms. The summed E-state index contributed by atoms with van der Waals surface area (Å²) in [6, 6.07) is 17.4. The number of nitrogens with zero attached hydrogens (tertiary/aromatic N) is 1. The minimum atomic E-state index is -0.0626. The van der Waals surface area contributed by atoms with E-state index in [9.17, 15) is 4.79 Å². The number of benzene rings is 2. The maximum atomic E-state index is 12.2. The van der Waals surface area contributed by atoms with Crippen molar-refractivity contribution in [1.82, 2.24) is 4.90 Å². The Morgan fingerprint density at radius 3 is 2.40 bits per heavy atom. The van der Waals surface area contributed by atoms with E-state index >= 15 is 0 Å². The monoisotopic (exact) mass is 286 g/mol. The number of amides is 2. The smallest absolute Gasteiger partial charge is 0.317 e. The van der Waals surface area contributed by atoms with Crippen molar-refractivity contribution < 1.29 is 4.79 Å². The van der Waals surface area contributed by atoms with Gasteiger partial charge in [0.15, 0.2) is 0 Å². The highest BCUT2D eigenvalue weighted by Crippen LogP contribution is 2.33. The van der Waals surface area contributed by atoms with Crippen molar-refractivity contribution in [2.24, 2.45) is 0 Å². The lowest BCUT2D eigenvalue weighted by molar-refractivity contribution is 0.126. The van der Waals surface area contributed by atoms with Gasteiger partial charge in [-0.15, -0.1) is 0 Å². The molecule has 102 valence electrons. The molecule has 1 N–H and O–H groups in total. The van der Waals surface area contributed by atoms with Gasteiger partial charge >= 0.3 is 6.03 Å². The van der Waals surface area contributed by atoms with Crippen molar-refractivity contribution in [3.05, 3.63) is 65.2 Å². The van der Waals surface area contributed by atoms with Gasteiger partial charge in [-0.3, -0.25) is 0 Å². The second-order valence-electron chi connectivity index (χ2n) is 4.85. The zero-order valence-electron chi connectivity index (χ0n) is 10.9. The Morgan fingerprint density at radius 1 is 1.10 bits per heavy atom. The average Bonchev–Trinajstić information content (AvgIpc) is 2.41. The van der Waals surface area contributed by atoms with Gasteiger partial charge in [0, 0.05) is 17.3 Å².